The summed E-state index contributed by atoms with van der Waals surface area (Å²) < 4.78 is 9.99. The molecule has 0 aliphatic carbocycles. The number of hydrogen-bond acceptors (Lipinski definition) is 6. The van der Waals surface area contributed by atoms with Crippen LogP contribution in [0.25, 0.3) is 0 Å². The SMILES string of the molecule is COCC(CNC(=O)c1cc(N)ccc1[N+](=O)[O-])OC. The minimum atomic E-state index is -0.628. The molecule has 1 rings (SSSR count). The summed E-state index contributed by atoms with van der Waals surface area (Å²) in [6, 6.07) is 3.84. The lowest BCUT2D eigenvalue weighted by Crippen LogP contribution is -2.35. The number of nitrogens with zero attached hydrogens (tertiary/aromatic N) is 1. The van der Waals surface area contributed by atoms with E-state index in [1.54, 1.807) is 0 Å². The number of benzene rings is 1. The van der Waals surface area contributed by atoms with E-state index >= 15 is 0 Å². The molecule has 1 atom stereocenters. The summed E-state index contributed by atoms with van der Waals surface area (Å²) in [5, 5.41) is 13.4. The highest BCUT2D eigenvalue weighted by Crippen LogP contribution is 2.20. The van der Waals surface area contributed by atoms with Crippen molar-refractivity contribution < 1.29 is 19.2 Å². The fourth-order valence-corrected chi connectivity index (χ4v) is 1.59. The molecule has 0 saturated carbocycles. The van der Waals surface area contributed by atoms with Gasteiger partial charge in [0.2, 0.25) is 0 Å². The minimum Gasteiger partial charge on any atom is -0.399 e. The van der Waals surface area contributed by atoms with Gasteiger partial charge in [-0.2, -0.15) is 0 Å². The number of nitrogens with two attached hydrogens (primary N) is 1. The Morgan fingerprint density at radius 1 is 1.50 bits per heavy atom. The smallest absolute Gasteiger partial charge is 0.282 e. The quantitative estimate of drug-likeness (QED) is 0.429. The lowest BCUT2D eigenvalue weighted by Gasteiger charge is -2.15. The van der Waals surface area contributed by atoms with E-state index in [1.165, 1.54) is 32.4 Å². The number of ether oxygens (including phenoxy) is 2. The monoisotopic (exact) mass is 283 g/mol. The number of methoxy groups -OCH3 is 2. The Balaban J connectivity index is 2.81. The van der Waals surface area contributed by atoms with Crippen LogP contribution in [0.15, 0.2) is 18.2 Å². The van der Waals surface area contributed by atoms with Gasteiger partial charge in [-0.3, -0.25) is 14.9 Å². The van der Waals surface area contributed by atoms with Crippen LogP contribution < -0.4 is 11.1 Å². The fourth-order valence-electron chi connectivity index (χ4n) is 1.59. The number of nitrogens with one attached hydrogen (secondary N) is 1. The van der Waals surface area contributed by atoms with Crippen molar-refractivity contribution in [1.82, 2.24) is 5.32 Å². The number of nitro groups is 1. The number of nitro benzene ring substituents is 1. The second-order valence-electron chi connectivity index (χ2n) is 4.06. The molecular formula is C12H17N3O5. The van der Waals surface area contributed by atoms with Gasteiger partial charge in [0.25, 0.3) is 11.6 Å². The maximum absolute atomic E-state index is 12.0. The lowest BCUT2D eigenvalue weighted by molar-refractivity contribution is -0.385. The molecule has 1 amide bonds. The number of carbonyl (C=O) groups excluding carboxylic acids is 1. The molecule has 8 heteroatoms. The van der Waals surface area contributed by atoms with Gasteiger partial charge in [0.05, 0.1) is 17.6 Å². The van der Waals surface area contributed by atoms with E-state index in [2.05, 4.69) is 5.32 Å². The summed E-state index contributed by atoms with van der Waals surface area (Å²) in [6.45, 7) is 0.477. The third kappa shape index (κ3) is 4.18. The largest absolute Gasteiger partial charge is 0.399 e. The first-order valence-corrected chi connectivity index (χ1v) is 5.83. The second kappa shape index (κ2) is 7.41. The van der Waals surface area contributed by atoms with Crippen molar-refractivity contribution in [3.05, 3.63) is 33.9 Å². The van der Waals surface area contributed by atoms with Crippen molar-refractivity contribution in [3.8, 4) is 0 Å². The van der Waals surface area contributed by atoms with Crippen LogP contribution in [0.3, 0.4) is 0 Å². The summed E-state index contributed by atoms with van der Waals surface area (Å²) >= 11 is 0. The van der Waals surface area contributed by atoms with Gasteiger partial charge < -0.3 is 20.5 Å². The molecule has 0 spiro atoms. The van der Waals surface area contributed by atoms with Crippen molar-refractivity contribution in [2.75, 3.05) is 33.1 Å². The molecule has 3 N–H and O–H groups in total. The molecule has 0 heterocycles. The Hall–Kier alpha value is -2.19. The van der Waals surface area contributed by atoms with Crippen LogP contribution in [0.2, 0.25) is 0 Å². The number of rotatable bonds is 7. The topological polar surface area (TPSA) is 117 Å². The predicted molar refractivity (Wildman–Crippen MR) is 72.5 cm³/mol. The van der Waals surface area contributed by atoms with Gasteiger partial charge in [-0.15, -0.1) is 0 Å². The second-order valence-corrected chi connectivity index (χ2v) is 4.06. The fraction of sp³-hybridized carbons (Fsp3) is 0.417. The van der Waals surface area contributed by atoms with E-state index in [9.17, 15) is 14.9 Å². The molecule has 1 unspecified atom stereocenters. The predicted octanol–water partition coefficient (Wildman–Crippen LogP) is 0.568. The molecule has 1 aromatic carbocycles. The standard InChI is InChI=1S/C12H17N3O5/c1-19-7-9(20-2)6-14-12(16)10-5-8(13)3-4-11(10)15(17)18/h3-5,9H,6-7,13H2,1-2H3,(H,14,16). The summed E-state index contributed by atoms with van der Waals surface area (Å²) in [5.74, 6) is -0.581. The van der Waals surface area contributed by atoms with E-state index in [-0.39, 0.29) is 29.6 Å². The van der Waals surface area contributed by atoms with Gasteiger partial charge in [-0.05, 0) is 12.1 Å². The number of hydrogen-bond donors (Lipinski definition) is 2. The zero-order valence-electron chi connectivity index (χ0n) is 11.3. The molecular weight excluding hydrogens is 266 g/mol. The van der Waals surface area contributed by atoms with Crippen molar-refractivity contribution in [1.29, 1.82) is 0 Å². The van der Waals surface area contributed by atoms with Crippen molar-refractivity contribution in [3.63, 3.8) is 0 Å². The van der Waals surface area contributed by atoms with Crippen molar-refractivity contribution in [2.45, 2.75) is 6.10 Å². The van der Waals surface area contributed by atoms with Crippen LogP contribution in [0.5, 0.6) is 0 Å². The third-order valence-electron chi connectivity index (χ3n) is 2.64. The average molecular weight is 283 g/mol. The van der Waals surface area contributed by atoms with Crippen LogP contribution >= 0.6 is 0 Å². The lowest BCUT2D eigenvalue weighted by atomic mass is 10.1. The molecule has 0 saturated heterocycles. The van der Waals surface area contributed by atoms with Gasteiger partial charge in [-0.25, -0.2) is 0 Å². The molecule has 110 valence electrons. The molecule has 20 heavy (non-hydrogen) atoms. The minimum absolute atomic E-state index is 0.0812. The van der Waals surface area contributed by atoms with Crippen molar-refractivity contribution >= 4 is 17.3 Å². The van der Waals surface area contributed by atoms with Crippen molar-refractivity contribution in [2.24, 2.45) is 0 Å². The highest BCUT2D eigenvalue weighted by molar-refractivity contribution is 5.99. The van der Waals surface area contributed by atoms with Gasteiger partial charge in [0, 0.05) is 32.5 Å². The molecule has 0 aliphatic heterocycles. The summed E-state index contributed by atoms with van der Waals surface area (Å²) in [6.07, 6.45) is -0.330. The molecule has 1 aromatic rings. The molecule has 0 aromatic heterocycles. The van der Waals surface area contributed by atoms with Crippen LogP contribution in [0, 0.1) is 10.1 Å². The normalized spacial score (nSPS) is 11.9. The van der Waals surface area contributed by atoms with E-state index in [0.29, 0.717) is 6.61 Å². The Morgan fingerprint density at radius 3 is 2.75 bits per heavy atom. The van der Waals surface area contributed by atoms with Crippen LogP contribution in [0.1, 0.15) is 10.4 Å². The third-order valence-corrected chi connectivity index (χ3v) is 2.64. The first kappa shape index (κ1) is 15.9. The molecule has 0 radical (unpaired) electrons. The number of nitrogen functional groups attached to an aromatic ring is 1. The summed E-state index contributed by atoms with van der Waals surface area (Å²) in [4.78, 5) is 22.2. The molecule has 8 nitrogen and oxygen atoms in total. The van der Waals surface area contributed by atoms with E-state index < -0.39 is 10.8 Å². The molecule has 0 bridgehead atoms. The maximum Gasteiger partial charge on any atom is 0.282 e. The zero-order chi connectivity index (χ0) is 15.1. The highest BCUT2D eigenvalue weighted by Gasteiger charge is 2.21. The Labute approximate surface area is 116 Å². The highest BCUT2D eigenvalue weighted by atomic mass is 16.6. The van der Waals surface area contributed by atoms with Gasteiger partial charge in [0.1, 0.15) is 5.56 Å². The van der Waals surface area contributed by atoms with Crippen LogP contribution in [-0.2, 0) is 9.47 Å². The summed E-state index contributed by atoms with van der Waals surface area (Å²) in [5.41, 5.74) is 5.45. The maximum atomic E-state index is 12.0. The van der Waals surface area contributed by atoms with E-state index in [4.69, 9.17) is 15.2 Å². The number of amides is 1. The Kier molecular flexibility index (Phi) is 5.88. The number of anilines is 1. The Bertz CT molecular complexity index is 492. The van der Waals surface area contributed by atoms with E-state index in [0.717, 1.165) is 0 Å². The Morgan fingerprint density at radius 2 is 2.20 bits per heavy atom. The molecule has 0 fully saturated rings. The first-order valence-electron chi connectivity index (χ1n) is 5.83. The summed E-state index contributed by atoms with van der Waals surface area (Å²) in [7, 11) is 3.00. The zero-order valence-corrected chi connectivity index (χ0v) is 11.3. The van der Waals surface area contributed by atoms with E-state index in [1.807, 2.05) is 0 Å². The molecule has 0 aliphatic rings. The van der Waals surface area contributed by atoms with Gasteiger partial charge in [-0.1, -0.05) is 0 Å². The average Bonchev–Trinajstić information content (AvgIpc) is 2.42. The van der Waals surface area contributed by atoms with Crippen LogP contribution in [0.4, 0.5) is 11.4 Å². The number of carbonyl (C=O) groups is 1. The first-order chi connectivity index (χ1) is 9.49. The van der Waals surface area contributed by atoms with Crippen LogP contribution in [-0.4, -0.2) is 44.3 Å². The van der Waals surface area contributed by atoms with Gasteiger partial charge in [0.15, 0.2) is 0 Å². The van der Waals surface area contributed by atoms with Gasteiger partial charge >= 0.3 is 0 Å².